The third-order valence-electron chi connectivity index (χ3n) is 8.95. The van der Waals surface area contributed by atoms with Crippen LogP contribution in [0.3, 0.4) is 0 Å². The summed E-state index contributed by atoms with van der Waals surface area (Å²) in [4.78, 5) is 4.74. The van der Waals surface area contributed by atoms with Crippen LogP contribution in [-0.2, 0) is 0 Å². The van der Waals surface area contributed by atoms with E-state index in [0.717, 1.165) is 32.4 Å². The molecular formula is C43H27BrN2O. The van der Waals surface area contributed by atoms with Crippen molar-refractivity contribution in [2.24, 2.45) is 0 Å². The Hall–Kier alpha value is -5.71. The van der Waals surface area contributed by atoms with E-state index in [9.17, 15) is 0 Å². The molecule has 0 unspecified atom stereocenters. The molecule has 0 fully saturated rings. The maximum absolute atomic E-state index is 6.08. The number of halogens is 1. The summed E-state index contributed by atoms with van der Waals surface area (Å²) in [5.74, 6) is 0.612. The molecule has 9 aromatic rings. The van der Waals surface area contributed by atoms with E-state index in [-0.39, 0.29) is 0 Å². The van der Waals surface area contributed by atoms with Gasteiger partial charge in [-0.3, -0.25) is 0 Å². The lowest BCUT2D eigenvalue weighted by molar-refractivity contribution is 0.620. The van der Waals surface area contributed by atoms with Gasteiger partial charge in [-0.05, 0) is 104 Å². The Morgan fingerprint density at radius 2 is 1.06 bits per heavy atom. The van der Waals surface area contributed by atoms with Crippen LogP contribution in [0, 0.1) is 0 Å². The van der Waals surface area contributed by atoms with Crippen molar-refractivity contribution in [1.82, 2.24) is 9.55 Å². The molecule has 0 amide bonds. The summed E-state index contributed by atoms with van der Waals surface area (Å²) in [5, 5.41) is 2.49. The summed E-state index contributed by atoms with van der Waals surface area (Å²) >= 11 is 3.59. The van der Waals surface area contributed by atoms with Crippen LogP contribution < -0.4 is 0 Å². The Bertz CT molecular complexity index is 2580. The standard InChI is InChI=1S/C43H27BrN2O/c44-38-18-10-20-41-42(38)45-43(47-41)29-23-21-28(22-24-29)32-13-4-6-15-34(32)35-16-7-5-14-33(35)30-25-26-40-37(27-30)36-17-8-9-19-39(36)46(40)31-11-2-1-3-12-31/h1-27H. The molecule has 2 aromatic heterocycles. The minimum absolute atomic E-state index is 0.612. The molecule has 7 aromatic carbocycles. The van der Waals surface area contributed by atoms with Crippen LogP contribution in [-0.4, -0.2) is 9.55 Å². The summed E-state index contributed by atoms with van der Waals surface area (Å²) in [6, 6.07) is 57.9. The highest BCUT2D eigenvalue weighted by Gasteiger charge is 2.17. The lowest BCUT2D eigenvalue weighted by atomic mass is 9.89. The van der Waals surface area contributed by atoms with Gasteiger partial charge in [-0.25, -0.2) is 4.98 Å². The van der Waals surface area contributed by atoms with Gasteiger partial charge in [0.2, 0.25) is 5.89 Å². The monoisotopic (exact) mass is 666 g/mol. The van der Waals surface area contributed by atoms with Gasteiger partial charge in [-0.2, -0.15) is 0 Å². The number of nitrogens with zero attached hydrogens (tertiary/aromatic N) is 2. The Balaban J connectivity index is 1.14. The molecule has 0 bridgehead atoms. The number of hydrogen-bond acceptors (Lipinski definition) is 2. The van der Waals surface area contributed by atoms with Crippen molar-refractivity contribution in [2.75, 3.05) is 0 Å². The Morgan fingerprint density at radius 3 is 1.81 bits per heavy atom. The van der Waals surface area contributed by atoms with E-state index < -0.39 is 0 Å². The van der Waals surface area contributed by atoms with E-state index in [1.54, 1.807) is 0 Å². The quantitative estimate of drug-likeness (QED) is 0.183. The maximum atomic E-state index is 6.08. The average Bonchev–Trinajstić information content (AvgIpc) is 3.73. The smallest absolute Gasteiger partial charge is 0.227 e. The van der Waals surface area contributed by atoms with Crippen LogP contribution in [0.25, 0.3) is 83.4 Å². The molecule has 0 aliphatic carbocycles. The number of fused-ring (bicyclic) bond motifs is 4. The molecule has 9 rings (SSSR count). The van der Waals surface area contributed by atoms with Crippen molar-refractivity contribution in [1.29, 1.82) is 0 Å². The molecule has 4 heteroatoms. The first kappa shape index (κ1) is 27.6. The first-order valence-electron chi connectivity index (χ1n) is 15.7. The topological polar surface area (TPSA) is 31.0 Å². The fourth-order valence-electron chi connectivity index (χ4n) is 6.77. The molecule has 222 valence electrons. The second-order valence-electron chi connectivity index (χ2n) is 11.7. The molecule has 0 saturated carbocycles. The van der Waals surface area contributed by atoms with Crippen molar-refractivity contribution < 1.29 is 4.42 Å². The minimum atomic E-state index is 0.612. The zero-order valence-corrected chi connectivity index (χ0v) is 26.9. The second-order valence-corrected chi connectivity index (χ2v) is 12.5. The Labute approximate surface area is 280 Å². The first-order chi connectivity index (χ1) is 23.2. The molecule has 0 aliphatic rings. The fourth-order valence-corrected chi connectivity index (χ4v) is 7.20. The van der Waals surface area contributed by atoms with Crippen molar-refractivity contribution in [2.45, 2.75) is 0 Å². The summed E-state index contributed by atoms with van der Waals surface area (Å²) < 4.78 is 9.37. The fraction of sp³-hybridized carbons (Fsp3) is 0. The lowest BCUT2D eigenvalue weighted by Crippen LogP contribution is -1.93. The van der Waals surface area contributed by atoms with Crippen LogP contribution in [0.2, 0.25) is 0 Å². The zero-order valence-electron chi connectivity index (χ0n) is 25.3. The van der Waals surface area contributed by atoms with E-state index in [4.69, 9.17) is 9.40 Å². The van der Waals surface area contributed by atoms with Crippen molar-refractivity contribution in [3.63, 3.8) is 0 Å². The second kappa shape index (κ2) is 11.3. The van der Waals surface area contributed by atoms with Gasteiger partial charge in [-0.15, -0.1) is 0 Å². The van der Waals surface area contributed by atoms with Crippen molar-refractivity contribution in [3.05, 3.63) is 168 Å². The van der Waals surface area contributed by atoms with Crippen LogP contribution in [0.4, 0.5) is 0 Å². The van der Waals surface area contributed by atoms with Crippen LogP contribution >= 0.6 is 15.9 Å². The number of aromatic nitrogens is 2. The van der Waals surface area contributed by atoms with Gasteiger partial charge in [0.25, 0.3) is 0 Å². The molecule has 3 nitrogen and oxygen atoms in total. The SMILES string of the molecule is Brc1cccc2oc(-c3ccc(-c4ccccc4-c4ccccc4-c4ccc5c(c4)c4ccccc4n5-c4ccccc4)cc3)nc12. The average molecular weight is 668 g/mol. The molecule has 2 heterocycles. The Morgan fingerprint density at radius 1 is 0.468 bits per heavy atom. The van der Waals surface area contributed by atoms with Gasteiger partial charge in [-0.1, -0.05) is 109 Å². The molecule has 0 aliphatic heterocycles. The molecule has 0 spiro atoms. The summed E-state index contributed by atoms with van der Waals surface area (Å²) in [6.07, 6.45) is 0. The highest BCUT2D eigenvalue weighted by Crippen LogP contribution is 2.41. The molecule has 0 saturated heterocycles. The summed E-state index contributed by atoms with van der Waals surface area (Å²) in [6.45, 7) is 0. The molecule has 47 heavy (non-hydrogen) atoms. The predicted octanol–water partition coefficient (Wildman–Crippen LogP) is 12.4. The Kier molecular flexibility index (Phi) is 6.61. The predicted molar refractivity (Wildman–Crippen MR) is 198 cm³/mol. The van der Waals surface area contributed by atoms with Crippen molar-refractivity contribution in [3.8, 4) is 50.5 Å². The molecule has 0 radical (unpaired) electrons. The molecular weight excluding hydrogens is 640 g/mol. The zero-order chi connectivity index (χ0) is 31.3. The molecule has 0 atom stereocenters. The summed E-state index contributed by atoms with van der Waals surface area (Å²) in [5.41, 5.74) is 13.2. The number of hydrogen-bond donors (Lipinski definition) is 0. The van der Waals surface area contributed by atoms with E-state index in [0.29, 0.717) is 5.89 Å². The van der Waals surface area contributed by atoms with Gasteiger partial charge >= 0.3 is 0 Å². The number of benzene rings is 7. The normalized spacial score (nSPS) is 11.5. The largest absolute Gasteiger partial charge is 0.436 e. The summed E-state index contributed by atoms with van der Waals surface area (Å²) in [7, 11) is 0. The number of rotatable bonds is 5. The molecule has 0 N–H and O–H groups in total. The highest BCUT2D eigenvalue weighted by atomic mass is 79.9. The number of oxazole rings is 1. The van der Waals surface area contributed by atoms with Gasteiger partial charge in [0, 0.05) is 26.5 Å². The van der Waals surface area contributed by atoms with E-state index in [1.807, 2.05) is 18.2 Å². The third-order valence-corrected chi connectivity index (χ3v) is 9.59. The first-order valence-corrected chi connectivity index (χ1v) is 16.5. The van der Waals surface area contributed by atoms with Crippen LogP contribution in [0.15, 0.2) is 173 Å². The van der Waals surface area contributed by atoms with Crippen LogP contribution in [0.1, 0.15) is 0 Å². The minimum Gasteiger partial charge on any atom is -0.436 e. The highest BCUT2D eigenvalue weighted by molar-refractivity contribution is 9.10. The van der Waals surface area contributed by atoms with Gasteiger partial charge < -0.3 is 8.98 Å². The van der Waals surface area contributed by atoms with Crippen LogP contribution in [0.5, 0.6) is 0 Å². The van der Waals surface area contributed by atoms with E-state index in [1.165, 1.54) is 49.6 Å². The van der Waals surface area contributed by atoms with Gasteiger partial charge in [0.05, 0.1) is 11.0 Å². The van der Waals surface area contributed by atoms with Crippen molar-refractivity contribution >= 4 is 48.8 Å². The van der Waals surface area contributed by atoms with E-state index in [2.05, 4.69) is 166 Å². The maximum Gasteiger partial charge on any atom is 0.227 e. The van der Waals surface area contributed by atoms with E-state index >= 15 is 0 Å². The lowest BCUT2D eigenvalue weighted by Gasteiger charge is -2.15. The third kappa shape index (κ3) is 4.68. The number of para-hydroxylation sites is 3. The van der Waals surface area contributed by atoms with Gasteiger partial charge in [0.1, 0.15) is 5.52 Å². The van der Waals surface area contributed by atoms with Gasteiger partial charge in [0.15, 0.2) is 5.58 Å².